The molecule has 0 atom stereocenters. The van der Waals surface area contributed by atoms with Gasteiger partial charge in [0.1, 0.15) is 11.4 Å². The summed E-state index contributed by atoms with van der Waals surface area (Å²) >= 11 is 0. The largest absolute Gasteiger partial charge is 0.497 e. The van der Waals surface area contributed by atoms with Crippen LogP contribution in [-0.4, -0.2) is 28.8 Å². The van der Waals surface area contributed by atoms with Crippen molar-refractivity contribution in [1.82, 2.24) is 14.6 Å². The molecular weight excluding hydrogens is 450 g/mol. The van der Waals surface area contributed by atoms with E-state index in [1.54, 1.807) is 18.7 Å². The van der Waals surface area contributed by atoms with E-state index in [2.05, 4.69) is 5.32 Å². The lowest BCUT2D eigenvalue weighted by atomic mass is 10.0. The normalized spacial score (nSPS) is 10.2. The molecule has 7 heteroatoms. The summed E-state index contributed by atoms with van der Waals surface area (Å²) in [5.74, 6) is 1.57. The van der Waals surface area contributed by atoms with Gasteiger partial charge in [0, 0.05) is 5.56 Å². The summed E-state index contributed by atoms with van der Waals surface area (Å²) in [6.07, 6.45) is 2.01. The first-order valence-corrected chi connectivity index (χ1v) is 11.7. The summed E-state index contributed by atoms with van der Waals surface area (Å²) in [4.78, 5) is 4.87. The third kappa shape index (κ3) is 4.44. The molecule has 0 saturated carbocycles. The highest BCUT2D eigenvalue weighted by molar-refractivity contribution is 5.93. The fraction of sp³-hybridized carbons (Fsp3) is 0.138. The minimum Gasteiger partial charge on any atom is -0.497 e. The molecule has 0 amide bonds. The van der Waals surface area contributed by atoms with Crippen molar-refractivity contribution in [2.24, 2.45) is 0 Å². The third-order valence-corrected chi connectivity index (χ3v) is 5.58. The van der Waals surface area contributed by atoms with Crippen LogP contribution >= 0.6 is 0 Å². The second-order valence-electron chi connectivity index (χ2n) is 7.50. The van der Waals surface area contributed by atoms with E-state index < -0.39 is 0 Å². The van der Waals surface area contributed by atoms with E-state index in [9.17, 15) is 5.26 Å². The first-order chi connectivity index (χ1) is 17.7. The summed E-state index contributed by atoms with van der Waals surface area (Å²) in [7, 11) is 3.20. The monoisotopic (exact) mass is 477 g/mol. The van der Waals surface area contributed by atoms with E-state index in [4.69, 9.17) is 19.6 Å². The van der Waals surface area contributed by atoms with E-state index in [1.165, 1.54) is 0 Å². The lowest BCUT2D eigenvalue weighted by molar-refractivity contribution is 0.387. The third-order valence-electron chi connectivity index (χ3n) is 5.58. The van der Waals surface area contributed by atoms with Crippen LogP contribution in [0, 0.1) is 11.5 Å². The Labute approximate surface area is 210 Å². The maximum absolute atomic E-state index is 9.49. The zero-order valence-electron chi connectivity index (χ0n) is 20.7. The number of nitriles is 1. The Balaban J connectivity index is 0.00000148. The molecule has 0 bridgehead atoms. The number of hydrogen-bond acceptors (Lipinski definition) is 6. The van der Waals surface area contributed by atoms with Crippen LogP contribution in [0.2, 0.25) is 0 Å². The van der Waals surface area contributed by atoms with E-state index in [-0.39, 0.29) is 0 Å². The van der Waals surface area contributed by atoms with Crippen molar-refractivity contribution < 1.29 is 9.47 Å². The Bertz CT molecular complexity index is 1490. The molecule has 0 aliphatic heterocycles. The van der Waals surface area contributed by atoms with Gasteiger partial charge < -0.3 is 9.47 Å². The average Bonchev–Trinajstić information content (AvgIpc) is 3.34. The number of rotatable bonds is 6. The minimum absolute atomic E-state index is 0.383. The highest BCUT2D eigenvalue weighted by Crippen LogP contribution is 2.42. The van der Waals surface area contributed by atoms with Crippen LogP contribution in [0.25, 0.3) is 39.2 Å². The summed E-state index contributed by atoms with van der Waals surface area (Å²) in [5, 5.41) is 17.2. The SMILES string of the molecule is CC.COc1ccc(-c2c(NC#N)nc3c(-c4ccccc4)c(-c4ccccc4)nn3c2OC)cc1. The Hall–Kier alpha value is -4.83. The lowest BCUT2D eigenvalue weighted by Gasteiger charge is -2.14. The Morgan fingerprint density at radius 2 is 1.33 bits per heavy atom. The molecule has 2 aromatic heterocycles. The molecule has 0 unspecified atom stereocenters. The van der Waals surface area contributed by atoms with Crippen LogP contribution in [-0.2, 0) is 0 Å². The summed E-state index contributed by atoms with van der Waals surface area (Å²) in [6.45, 7) is 4.00. The van der Waals surface area contributed by atoms with Crippen molar-refractivity contribution in [2.45, 2.75) is 13.8 Å². The topological polar surface area (TPSA) is 84.5 Å². The second-order valence-corrected chi connectivity index (χ2v) is 7.50. The maximum atomic E-state index is 9.49. The zero-order chi connectivity index (χ0) is 25.5. The molecule has 7 nitrogen and oxygen atoms in total. The second kappa shape index (κ2) is 11.1. The van der Waals surface area contributed by atoms with Gasteiger partial charge in [-0.15, -0.1) is 0 Å². The molecule has 1 N–H and O–H groups in total. The van der Waals surface area contributed by atoms with Crippen LogP contribution in [0.4, 0.5) is 5.82 Å². The first-order valence-electron chi connectivity index (χ1n) is 11.7. The van der Waals surface area contributed by atoms with Crippen LogP contribution in [0.3, 0.4) is 0 Å². The smallest absolute Gasteiger partial charge is 0.228 e. The van der Waals surface area contributed by atoms with Gasteiger partial charge in [-0.25, -0.2) is 4.98 Å². The number of fused-ring (bicyclic) bond motifs is 1. The van der Waals surface area contributed by atoms with E-state index in [1.807, 2.05) is 105 Å². The predicted octanol–water partition coefficient (Wildman–Crippen LogP) is 6.67. The molecule has 0 fully saturated rings. The molecule has 0 radical (unpaired) electrons. The molecular formula is C29H27N5O2. The Morgan fingerprint density at radius 3 is 1.89 bits per heavy atom. The number of anilines is 1. The van der Waals surface area contributed by atoms with Crippen molar-refractivity contribution >= 4 is 11.5 Å². The van der Waals surface area contributed by atoms with Gasteiger partial charge in [-0.1, -0.05) is 86.6 Å². The van der Waals surface area contributed by atoms with Crippen molar-refractivity contribution in [2.75, 3.05) is 19.5 Å². The quantitative estimate of drug-likeness (QED) is 0.217. The van der Waals surface area contributed by atoms with Crippen molar-refractivity contribution in [3.63, 3.8) is 0 Å². The number of aromatic nitrogens is 3. The molecule has 0 aliphatic carbocycles. The number of hydrogen-bond donors (Lipinski definition) is 1. The molecule has 5 rings (SSSR count). The summed E-state index contributed by atoms with van der Waals surface area (Å²) in [6, 6.07) is 27.4. The Morgan fingerprint density at radius 1 is 0.750 bits per heavy atom. The van der Waals surface area contributed by atoms with E-state index in [0.717, 1.165) is 33.7 Å². The number of nitrogens with one attached hydrogen (secondary N) is 1. The predicted molar refractivity (Wildman–Crippen MR) is 143 cm³/mol. The molecule has 5 aromatic rings. The standard InChI is InChI=1S/C27H21N5O2.C2H6/c1-33-21-15-13-19(14-16-21)23-25(29-17-28)30-26-22(18-9-5-3-6-10-18)24(20-11-7-4-8-12-20)31-32(26)27(23)34-2;1-2/h3-16H,1-2H3,(H,29,30);1-2H3. The van der Waals surface area contributed by atoms with Crippen LogP contribution < -0.4 is 14.8 Å². The molecule has 0 aliphatic rings. The molecule has 36 heavy (non-hydrogen) atoms. The molecule has 0 spiro atoms. The molecule has 3 aromatic carbocycles. The zero-order valence-corrected chi connectivity index (χ0v) is 20.7. The number of ether oxygens (including phenoxy) is 2. The van der Waals surface area contributed by atoms with Gasteiger partial charge >= 0.3 is 0 Å². The van der Waals surface area contributed by atoms with E-state index >= 15 is 0 Å². The average molecular weight is 478 g/mol. The highest BCUT2D eigenvalue weighted by atomic mass is 16.5. The van der Waals surface area contributed by atoms with Gasteiger partial charge in [-0.2, -0.15) is 14.9 Å². The van der Waals surface area contributed by atoms with Gasteiger partial charge in [-0.05, 0) is 23.3 Å². The van der Waals surface area contributed by atoms with Crippen LogP contribution in [0.15, 0.2) is 84.9 Å². The van der Waals surface area contributed by atoms with Gasteiger partial charge in [-0.3, -0.25) is 5.32 Å². The lowest BCUT2D eigenvalue weighted by Crippen LogP contribution is -2.05. The maximum Gasteiger partial charge on any atom is 0.228 e. The first kappa shape index (κ1) is 24.3. The van der Waals surface area contributed by atoms with Gasteiger partial charge in [0.2, 0.25) is 5.88 Å². The fourth-order valence-electron chi connectivity index (χ4n) is 4.04. The van der Waals surface area contributed by atoms with Gasteiger partial charge in [0.05, 0.1) is 25.3 Å². The van der Waals surface area contributed by atoms with E-state index in [0.29, 0.717) is 22.9 Å². The summed E-state index contributed by atoms with van der Waals surface area (Å²) < 4.78 is 12.9. The fourth-order valence-corrected chi connectivity index (χ4v) is 4.04. The van der Waals surface area contributed by atoms with Crippen molar-refractivity contribution in [3.05, 3.63) is 84.9 Å². The van der Waals surface area contributed by atoms with Crippen molar-refractivity contribution in [1.29, 1.82) is 5.26 Å². The van der Waals surface area contributed by atoms with Crippen LogP contribution in [0.5, 0.6) is 11.6 Å². The van der Waals surface area contributed by atoms with Crippen LogP contribution in [0.1, 0.15) is 13.8 Å². The molecule has 180 valence electrons. The number of nitrogens with zero attached hydrogens (tertiary/aromatic N) is 4. The number of methoxy groups -OCH3 is 2. The number of benzene rings is 3. The van der Waals surface area contributed by atoms with Gasteiger partial charge in [0.25, 0.3) is 0 Å². The Kier molecular flexibility index (Phi) is 7.47. The highest BCUT2D eigenvalue weighted by Gasteiger charge is 2.25. The molecule has 2 heterocycles. The van der Waals surface area contributed by atoms with Crippen molar-refractivity contribution in [3.8, 4) is 51.3 Å². The van der Waals surface area contributed by atoms with Gasteiger partial charge in [0.15, 0.2) is 17.7 Å². The minimum atomic E-state index is 0.383. The summed E-state index contributed by atoms with van der Waals surface area (Å²) in [5.41, 5.74) is 5.56. The molecule has 0 saturated heterocycles.